The summed E-state index contributed by atoms with van der Waals surface area (Å²) in [5.74, 6) is -0.243. The van der Waals surface area contributed by atoms with Crippen LogP contribution in [0.3, 0.4) is 0 Å². The van der Waals surface area contributed by atoms with Gasteiger partial charge in [0.2, 0.25) is 0 Å². The molecule has 0 aliphatic rings. The Morgan fingerprint density at radius 2 is 2.05 bits per heavy atom. The summed E-state index contributed by atoms with van der Waals surface area (Å²) < 4.78 is 9.75. The molecule has 1 rings (SSSR count). The molecule has 0 bridgehead atoms. The number of nitrogens with zero attached hydrogens (tertiary/aromatic N) is 1. The average Bonchev–Trinajstić information content (AvgIpc) is 2.49. The molecule has 0 atom stereocenters. The standard InChI is InChI=1S/C13H19N3O5/c1-20-8-7-14-5-6-15-13(17)10-3-4-12(21-2)11(9-10)16(18)19/h3-4,9,14H,5-8H2,1-2H3,(H,15,17). The Kier molecular flexibility index (Phi) is 7.13. The molecule has 1 aromatic carbocycles. The maximum absolute atomic E-state index is 11.9. The number of nitro groups is 1. The van der Waals surface area contributed by atoms with Crippen LogP contribution >= 0.6 is 0 Å². The van der Waals surface area contributed by atoms with E-state index >= 15 is 0 Å². The Morgan fingerprint density at radius 1 is 1.29 bits per heavy atom. The monoisotopic (exact) mass is 297 g/mol. The van der Waals surface area contributed by atoms with Crippen molar-refractivity contribution >= 4 is 11.6 Å². The molecule has 2 N–H and O–H groups in total. The van der Waals surface area contributed by atoms with E-state index in [-0.39, 0.29) is 22.9 Å². The summed E-state index contributed by atoms with van der Waals surface area (Å²) in [6, 6.07) is 4.09. The predicted octanol–water partition coefficient (Wildman–Crippen LogP) is 0.569. The molecule has 1 aromatic rings. The van der Waals surface area contributed by atoms with Crippen molar-refractivity contribution in [3.63, 3.8) is 0 Å². The van der Waals surface area contributed by atoms with Gasteiger partial charge in [-0.15, -0.1) is 0 Å². The van der Waals surface area contributed by atoms with Gasteiger partial charge in [-0.2, -0.15) is 0 Å². The van der Waals surface area contributed by atoms with Crippen molar-refractivity contribution < 1.29 is 19.2 Å². The van der Waals surface area contributed by atoms with E-state index < -0.39 is 4.92 Å². The van der Waals surface area contributed by atoms with E-state index in [4.69, 9.17) is 9.47 Å². The smallest absolute Gasteiger partial charge is 0.311 e. The molecule has 0 heterocycles. The SMILES string of the molecule is COCCNCCNC(=O)c1ccc(OC)c([N+](=O)[O-])c1. The van der Waals surface area contributed by atoms with Crippen LogP contribution in [-0.2, 0) is 4.74 Å². The summed E-state index contributed by atoms with van der Waals surface area (Å²) in [5.41, 5.74) is -0.0113. The number of methoxy groups -OCH3 is 2. The van der Waals surface area contributed by atoms with Gasteiger partial charge in [0.1, 0.15) is 0 Å². The molecule has 116 valence electrons. The zero-order chi connectivity index (χ0) is 15.7. The maximum Gasteiger partial charge on any atom is 0.311 e. The highest BCUT2D eigenvalue weighted by Gasteiger charge is 2.17. The van der Waals surface area contributed by atoms with Crippen molar-refractivity contribution in [3.8, 4) is 5.75 Å². The molecule has 0 fully saturated rings. The number of hydrogen-bond donors (Lipinski definition) is 2. The van der Waals surface area contributed by atoms with Crippen molar-refractivity contribution in [2.75, 3.05) is 40.5 Å². The molecule has 21 heavy (non-hydrogen) atoms. The van der Waals surface area contributed by atoms with E-state index in [2.05, 4.69) is 10.6 Å². The van der Waals surface area contributed by atoms with Crippen molar-refractivity contribution in [2.24, 2.45) is 0 Å². The number of nitrogens with one attached hydrogen (secondary N) is 2. The van der Waals surface area contributed by atoms with Crippen LogP contribution in [0.4, 0.5) is 5.69 Å². The van der Waals surface area contributed by atoms with Crippen molar-refractivity contribution in [1.82, 2.24) is 10.6 Å². The topological polar surface area (TPSA) is 103 Å². The summed E-state index contributed by atoms with van der Waals surface area (Å²) in [4.78, 5) is 22.2. The maximum atomic E-state index is 11.9. The highest BCUT2D eigenvalue weighted by atomic mass is 16.6. The van der Waals surface area contributed by atoms with Crippen LogP contribution in [-0.4, -0.2) is 51.3 Å². The lowest BCUT2D eigenvalue weighted by Crippen LogP contribution is -2.33. The largest absolute Gasteiger partial charge is 0.490 e. The van der Waals surface area contributed by atoms with Gasteiger partial charge in [-0.05, 0) is 12.1 Å². The molecule has 8 heteroatoms. The second-order valence-electron chi connectivity index (χ2n) is 4.14. The zero-order valence-electron chi connectivity index (χ0n) is 12.0. The van der Waals surface area contributed by atoms with E-state index in [0.29, 0.717) is 26.2 Å². The second kappa shape index (κ2) is 8.88. The molecule has 0 spiro atoms. The lowest BCUT2D eigenvalue weighted by Gasteiger charge is -2.07. The fraction of sp³-hybridized carbons (Fsp3) is 0.462. The van der Waals surface area contributed by atoms with E-state index in [1.807, 2.05) is 0 Å². The Morgan fingerprint density at radius 3 is 2.67 bits per heavy atom. The third kappa shape index (κ3) is 5.36. The Hall–Kier alpha value is -2.19. The summed E-state index contributed by atoms with van der Waals surface area (Å²) >= 11 is 0. The number of carbonyl (C=O) groups is 1. The lowest BCUT2D eigenvalue weighted by atomic mass is 10.1. The number of benzene rings is 1. The first-order valence-electron chi connectivity index (χ1n) is 6.40. The summed E-state index contributed by atoms with van der Waals surface area (Å²) in [5, 5.41) is 16.6. The normalized spacial score (nSPS) is 10.2. The van der Waals surface area contributed by atoms with E-state index in [9.17, 15) is 14.9 Å². The van der Waals surface area contributed by atoms with Crippen molar-refractivity contribution in [2.45, 2.75) is 0 Å². The molecule has 0 aliphatic carbocycles. The predicted molar refractivity (Wildman–Crippen MR) is 76.7 cm³/mol. The van der Waals surface area contributed by atoms with Gasteiger partial charge >= 0.3 is 5.69 Å². The Labute approximate surface area is 122 Å². The third-order valence-electron chi connectivity index (χ3n) is 2.71. The van der Waals surface area contributed by atoms with Crippen LogP contribution in [0, 0.1) is 10.1 Å². The zero-order valence-corrected chi connectivity index (χ0v) is 12.0. The van der Waals surface area contributed by atoms with E-state index in [1.54, 1.807) is 7.11 Å². The number of ether oxygens (including phenoxy) is 2. The first kappa shape index (κ1) is 16.9. The average molecular weight is 297 g/mol. The number of rotatable bonds is 9. The highest BCUT2D eigenvalue weighted by Crippen LogP contribution is 2.27. The van der Waals surface area contributed by atoms with Gasteiger partial charge in [0, 0.05) is 38.4 Å². The van der Waals surface area contributed by atoms with Gasteiger partial charge in [-0.3, -0.25) is 14.9 Å². The minimum absolute atomic E-state index is 0.123. The fourth-order valence-corrected chi connectivity index (χ4v) is 1.64. The van der Waals surface area contributed by atoms with Gasteiger partial charge < -0.3 is 20.1 Å². The molecule has 1 amide bonds. The van der Waals surface area contributed by atoms with Crippen molar-refractivity contribution in [3.05, 3.63) is 33.9 Å². The van der Waals surface area contributed by atoms with Gasteiger partial charge in [0.25, 0.3) is 5.91 Å². The fourth-order valence-electron chi connectivity index (χ4n) is 1.64. The molecular weight excluding hydrogens is 278 g/mol. The van der Waals surface area contributed by atoms with Gasteiger partial charge in [0.15, 0.2) is 5.75 Å². The van der Waals surface area contributed by atoms with Gasteiger partial charge in [-0.1, -0.05) is 0 Å². The molecule has 0 saturated carbocycles. The molecule has 0 aromatic heterocycles. The van der Waals surface area contributed by atoms with Crippen LogP contribution < -0.4 is 15.4 Å². The van der Waals surface area contributed by atoms with Crippen molar-refractivity contribution in [1.29, 1.82) is 0 Å². The van der Waals surface area contributed by atoms with Gasteiger partial charge in [0.05, 0.1) is 18.6 Å². The van der Waals surface area contributed by atoms with Crippen LogP contribution in [0.5, 0.6) is 5.75 Å². The first-order valence-corrected chi connectivity index (χ1v) is 6.40. The summed E-state index contributed by atoms with van der Waals surface area (Å²) in [6.45, 7) is 2.30. The minimum atomic E-state index is -0.581. The summed E-state index contributed by atoms with van der Waals surface area (Å²) in [6.07, 6.45) is 0. The lowest BCUT2D eigenvalue weighted by molar-refractivity contribution is -0.385. The number of nitro benzene ring substituents is 1. The molecule has 0 unspecified atom stereocenters. The van der Waals surface area contributed by atoms with E-state index in [1.165, 1.54) is 25.3 Å². The Bertz CT molecular complexity index is 493. The van der Waals surface area contributed by atoms with Crippen LogP contribution in [0.2, 0.25) is 0 Å². The summed E-state index contributed by atoms with van der Waals surface area (Å²) in [7, 11) is 2.95. The van der Waals surface area contributed by atoms with Crippen LogP contribution in [0.25, 0.3) is 0 Å². The number of carbonyl (C=O) groups excluding carboxylic acids is 1. The Balaban J connectivity index is 2.54. The molecule has 0 radical (unpaired) electrons. The quantitative estimate of drug-likeness (QED) is 0.392. The third-order valence-corrected chi connectivity index (χ3v) is 2.71. The molecule has 8 nitrogen and oxygen atoms in total. The number of hydrogen-bond acceptors (Lipinski definition) is 6. The minimum Gasteiger partial charge on any atom is -0.490 e. The highest BCUT2D eigenvalue weighted by molar-refractivity contribution is 5.95. The van der Waals surface area contributed by atoms with E-state index in [0.717, 1.165) is 0 Å². The molecule has 0 aliphatic heterocycles. The van der Waals surface area contributed by atoms with Crippen LogP contribution in [0.15, 0.2) is 18.2 Å². The molecular formula is C13H19N3O5. The number of amides is 1. The van der Waals surface area contributed by atoms with Crippen LogP contribution in [0.1, 0.15) is 10.4 Å². The molecule has 0 saturated heterocycles. The first-order chi connectivity index (χ1) is 10.1. The second-order valence-corrected chi connectivity index (χ2v) is 4.14. The van der Waals surface area contributed by atoms with Gasteiger partial charge in [-0.25, -0.2) is 0 Å².